The van der Waals surface area contributed by atoms with Crippen LogP contribution in [0.3, 0.4) is 0 Å². The lowest BCUT2D eigenvalue weighted by atomic mass is 9.72. The van der Waals surface area contributed by atoms with Crippen LogP contribution in [0.1, 0.15) is 19.3 Å². The molecule has 1 aromatic carbocycles. The van der Waals surface area contributed by atoms with Crippen LogP contribution < -0.4 is 16.0 Å². The maximum Gasteiger partial charge on any atom is 0.478 e. The second-order valence-corrected chi connectivity index (χ2v) is 7.02. The second kappa shape index (κ2) is 12.4. The van der Waals surface area contributed by atoms with Crippen molar-refractivity contribution >= 4 is 36.8 Å². The molecule has 0 aromatic heterocycles. The molecule has 0 radical (unpaired) electrons. The van der Waals surface area contributed by atoms with Crippen molar-refractivity contribution in [1.29, 1.82) is 0 Å². The van der Waals surface area contributed by atoms with Crippen LogP contribution in [-0.4, -0.2) is 83.6 Å². The number of hydrogen-bond acceptors (Lipinski definition) is 7. The van der Waals surface area contributed by atoms with Crippen LogP contribution in [0.4, 0.5) is 4.79 Å². The average Bonchev–Trinajstić information content (AvgIpc) is 2.77. The fourth-order valence-corrected chi connectivity index (χ4v) is 3.03. The zero-order chi connectivity index (χ0) is 23.5. The monoisotopic (exact) mass is 448 g/mol. The van der Waals surface area contributed by atoms with Crippen molar-refractivity contribution in [3.8, 4) is 0 Å². The lowest BCUT2D eigenvalue weighted by Crippen LogP contribution is -2.58. The number of carboxylic acid groups (broad SMARTS) is 1. The second-order valence-electron chi connectivity index (χ2n) is 7.02. The van der Waals surface area contributed by atoms with Gasteiger partial charge in [0, 0.05) is 13.1 Å². The number of imide groups is 1. The fraction of sp³-hybridized carbons (Fsp3) is 0.421. The summed E-state index contributed by atoms with van der Waals surface area (Å²) < 4.78 is 5.13. The molecule has 2 saturated heterocycles. The van der Waals surface area contributed by atoms with E-state index in [1.807, 2.05) is 36.4 Å². The Kier molecular flexibility index (Phi) is 9.63. The van der Waals surface area contributed by atoms with Gasteiger partial charge in [0.2, 0.25) is 5.91 Å². The third-order valence-electron chi connectivity index (χ3n) is 4.60. The summed E-state index contributed by atoms with van der Waals surface area (Å²) >= 11 is 0. The zero-order valence-electron chi connectivity index (χ0n) is 17.2. The van der Waals surface area contributed by atoms with Crippen molar-refractivity contribution in [2.75, 3.05) is 19.6 Å². The summed E-state index contributed by atoms with van der Waals surface area (Å²) in [6.07, 6.45) is -0.223. The lowest BCUT2D eigenvalue weighted by Gasteiger charge is -2.31. The van der Waals surface area contributed by atoms with Gasteiger partial charge >= 0.3 is 30.9 Å². The number of piperazine rings is 1. The number of urea groups is 1. The van der Waals surface area contributed by atoms with Crippen molar-refractivity contribution in [2.24, 2.45) is 0 Å². The van der Waals surface area contributed by atoms with E-state index in [0.717, 1.165) is 0 Å². The van der Waals surface area contributed by atoms with E-state index in [4.69, 9.17) is 9.76 Å². The van der Waals surface area contributed by atoms with Gasteiger partial charge < -0.3 is 30.7 Å². The molecule has 0 bridgehead atoms. The molecule has 172 valence electrons. The molecule has 1 aromatic rings. The molecule has 2 heterocycles. The Balaban J connectivity index is 0.000000520. The number of nitrogens with zero attached hydrogens (tertiary/aromatic N) is 1. The summed E-state index contributed by atoms with van der Waals surface area (Å²) in [4.78, 5) is 57.8. The minimum Gasteiger partial charge on any atom is -0.481 e. The molecule has 0 spiro atoms. The summed E-state index contributed by atoms with van der Waals surface area (Å²) in [6, 6.07) is 11.1. The van der Waals surface area contributed by atoms with E-state index in [2.05, 4.69) is 16.0 Å². The van der Waals surface area contributed by atoms with Crippen LogP contribution in [-0.2, 0) is 23.8 Å². The van der Waals surface area contributed by atoms with Gasteiger partial charge in [0.05, 0.1) is 25.0 Å². The van der Waals surface area contributed by atoms with Crippen molar-refractivity contribution in [2.45, 2.75) is 31.3 Å². The summed E-state index contributed by atoms with van der Waals surface area (Å²) in [6.45, 7) is -0.336. The molecule has 2 aliphatic rings. The highest BCUT2D eigenvalue weighted by molar-refractivity contribution is 6.45. The van der Waals surface area contributed by atoms with E-state index in [1.54, 1.807) is 0 Å². The predicted molar refractivity (Wildman–Crippen MR) is 111 cm³/mol. The molecule has 2 unspecified atom stereocenters. The minimum atomic E-state index is -1.36. The van der Waals surface area contributed by atoms with Gasteiger partial charge in [-0.25, -0.2) is 4.79 Å². The Labute approximate surface area is 184 Å². The Bertz CT molecular complexity index is 798. The van der Waals surface area contributed by atoms with Crippen LogP contribution >= 0.6 is 0 Å². The van der Waals surface area contributed by atoms with Gasteiger partial charge in [0.25, 0.3) is 0 Å². The number of hydrogen-bond donors (Lipinski definition) is 5. The molecule has 13 heteroatoms. The van der Waals surface area contributed by atoms with Gasteiger partial charge in [0.15, 0.2) is 0 Å². The quantitative estimate of drug-likeness (QED) is 0.267. The zero-order valence-corrected chi connectivity index (χ0v) is 17.2. The molecule has 2 atom stereocenters. The molecular formula is C19H25BN4O8. The molecule has 5 amide bonds. The van der Waals surface area contributed by atoms with Crippen LogP contribution in [0, 0.1) is 0 Å². The molecule has 0 aliphatic carbocycles. The van der Waals surface area contributed by atoms with Crippen molar-refractivity contribution in [1.82, 2.24) is 20.9 Å². The maximum atomic E-state index is 11.9. The van der Waals surface area contributed by atoms with Crippen molar-refractivity contribution in [3.05, 3.63) is 36.4 Å². The predicted octanol–water partition coefficient (Wildman–Crippen LogP) is -1.50. The molecule has 3 rings (SSSR count). The first-order valence-corrected chi connectivity index (χ1v) is 10.00. The van der Waals surface area contributed by atoms with E-state index in [9.17, 15) is 29.0 Å². The van der Waals surface area contributed by atoms with Gasteiger partial charge in [-0.05, 0) is 12.8 Å². The van der Waals surface area contributed by atoms with E-state index in [0.29, 0.717) is 17.7 Å². The molecule has 2 aliphatic heterocycles. The van der Waals surface area contributed by atoms with E-state index in [1.165, 1.54) is 0 Å². The first kappa shape index (κ1) is 24.8. The Hall–Kier alpha value is -3.45. The van der Waals surface area contributed by atoms with Gasteiger partial charge in [0.1, 0.15) is 0 Å². The van der Waals surface area contributed by atoms with E-state index >= 15 is 0 Å². The lowest BCUT2D eigenvalue weighted by molar-refractivity contribution is -0.145. The standard InChI is InChI=1S/C13H19BN4O8.C6H6/c19-9(6-16-13(24)18-4-3-15-11(22)12(18)23)17-8-2-1-7(5-10(20)21)26-14(8)25;1-2-4-6-5-3-1/h7-8,25H,1-6H2,(H,15,22)(H,16,24)(H,17,19)(H,20,21);1-6H. The highest BCUT2D eigenvalue weighted by Gasteiger charge is 2.37. The first-order chi connectivity index (χ1) is 15.3. The highest BCUT2D eigenvalue weighted by Crippen LogP contribution is 2.18. The first-order valence-electron chi connectivity index (χ1n) is 10.00. The molecule has 32 heavy (non-hydrogen) atoms. The molecule has 2 fully saturated rings. The maximum absolute atomic E-state index is 11.9. The van der Waals surface area contributed by atoms with Gasteiger partial charge in [-0.3, -0.25) is 24.1 Å². The molecule has 0 saturated carbocycles. The third-order valence-corrected chi connectivity index (χ3v) is 4.60. The smallest absolute Gasteiger partial charge is 0.478 e. The number of benzene rings is 1. The van der Waals surface area contributed by atoms with Crippen LogP contribution in [0.5, 0.6) is 0 Å². The van der Waals surface area contributed by atoms with Gasteiger partial charge in [-0.15, -0.1) is 0 Å². The summed E-state index contributed by atoms with van der Waals surface area (Å²) in [5.41, 5.74) is 0. The number of carboxylic acids is 1. The van der Waals surface area contributed by atoms with Crippen LogP contribution in [0.2, 0.25) is 0 Å². The average molecular weight is 448 g/mol. The largest absolute Gasteiger partial charge is 0.481 e. The summed E-state index contributed by atoms with van der Waals surface area (Å²) in [7, 11) is -1.36. The SMILES string of the molecule is O=C(O)CC1CCC(NC(=O)CNC(=O)N2CCNC(=O)C2=O)B(O)O1.c1ccccc1. The Morgan fingerprint density at radius 1 is 1.12 bits per heavy atom. The number of aliphatic carboxylic acids is 1. The Morgan fingerprint density at radius 2 is 1.75 bits per heavy atom. The highest BCUT2D eigenvalue weighted by atomic mass is 16.5. The van der Waals surface area contributed by atoms with E-state index < -0.39 is 55.4 Å². The molecule has 5 N–H and O–H groups in total. The number of carbonyl (C=O) groups is 5. The third kappa shape index (κ3) is 8.00. The van der Waals surface area contributed by atoms with Crippen molar-refractivity contribution < 1.29 is 38.8 Å². The number of amides is 5. The Morgan fingerprint density at radius 3 is 2.31 bits per heavy atom. The summed E-state index contributed by atoms with van der Waals surface area (Å²) in [5, 5.41) is 25.5. The van der Waals surface area contributed by atoms with E-state index in [-0.39, 0.29) is 19.5 Å². The van der Waals surface area contributed by atoms with Gasteiger partial charge in [-0.2, -0.15) is 0 Å². The number of carbonyl (C=O) groups excluding carboxylic acids is 4. The van der Waals surface area contributed by atoms with Crippen LogP contribution in [0.25, 0.3) is 0 Å². The number of rotatable bonds is 5. The minimum absolute atomic E-state index is 0.00181. The molecular weight excluding hydrogens is 423 g/mol. The van der Waals surface area contributed by atoms with Crippen molar-refractivity contribution in [3.63, 3.8) is 0 Å². The van der Waals surface area contributed by atoms with Gasteiger partial charge in [-0.1, -0.05) is 36.4 Å². The normalized spacial score (nSPS) is 20.4. The molecule has 12 nitrogen and oxygen atoms in total. The summed E-state index contributed by atoms with van der Waals surface area (Å²) in [5.74, 6) is -4.32. The number of nitrogens with one attached hydrogen (secondary N) is 3. The van der Waals surface area contributed by atoms with Crippen LogP contribution in [0.15, 0.2) is 36.4 Å². The fourth-order valence-electron chi connectivity index (χ4n) is 3.03. The topological polar surface area (TPSA) is 174 Å².